The molecule has 2 aromatic heterocycles. The molecular formula is C32H33ClF3N7O2S. The molecule has 2 aromatic carbocycles. The number of benzene rings is 2. The minimum absolute atomic E-state index is 0.000216. The van der Waals surface area contributed by atoms with E-state index in [4.69, 9.17) is 27.1 Å². The number of nitrogens with two attached hydrogens (primary N) is 1. The normalized spacial score (nSPS) is 23.3. The Kier molecular flexibility index (Phi) is 7.97. The topological polar surface area (TPSA) is 101 Å². The van der Waals surface area contributed by atoms with Crippen LogP contribution in [0.5, 0.6) is 6.01 Å². The third kappa shape index (κ3) is 5.22. The molecule has 4 aromatic rings. The minimum atomic E-state index is -0.940. The maximum atomic E-state index is 16.8. The number of likely N-dealkylation sites (N-methyl/N-ethyl adjacent to an activating group) is 1. The lowest BCUT2D eigenvalue weighted by atomic mass is 9.95. The van der Waals surface area contributed by atoms with E-state index in [-0.39, 0.29) is 61.6 Å². The number of hydrogen-bond acceptors (Lipinski definition) is 9. The Morgan fingerprint density at radius 3 is 2.87 bits per heavy atom. The van der Waals surface area contributed by atoms with Crippen LogP contribution in [-0.4, -0.2) is 88.2 Å². The molecule has 0 bridgehead atoms. The van der Waals surface area contributed by atoms with Gasteiger partial charge in [0.25, 0.3) is 0 Å². The Morgan fingerprint density at radius 1 is 1.24 bits per heavy atom. The fourth-order valence-electron chi connectivity index (χ4n) is 7.35. The van der Waals surface area contributed by atoms with Crippen molar-refractivity contribution in [3.8, 4) is 17.1 Å². The summed E-state index contributed by atoms with van der Waals surface area (Å²) in [6.45, 7) is 5.96. The molecule has 3 atom stereocenters. The lowest BCUT2D eigenvalue weighted by Gasteiger charge is -2.38. The Balaban J connectivity index is 1.35. The van der Waals surface area contributed by atoms with E-state index in [1.54, 1.807) is 11.0 Å². The first-order valence-electron chi connectivity index (χ1n) is 15.3. The van der Waals surface area contributed by atoms with E-state index < -0.39 is 23.3 Å². The summed E-state index contributed by atoms with van der Waals surface area (Å²) in [4.78, 5) is 31.8. The Labute approximate surface area is 272 Å². The number of ether oxygens (including phenoxy) is 1. The monoisotopic (exact) mass is 671 g/mol. The smallest absolute Gasteiger partial charge is 0.319 e. The van der Waals surface area contributed by atoms with Gasteiger partial charge in [-0.15, -0.1) is 0 Å². The number of piperidine rings is 1. The number of thiazole rings is 1. The average Bonchev–Trinajstić information content (AvgIpc) is 3.72. The van der Waals surface area contributed by atoms with Crippen LogP contribution in [0.2, 0.25) is 5.02 Å². The number of halogens is 4. The molecule has 0 unspecified atom stereocenters. The third-order valence-electron chi connectivity index (χ3n) is 9.62. The summed E-state index contributed by atoms with van der Waals surface area (Å²) in [5, 5.41) is 0.540. The maximum Gasteiger partial charge on any atom is 0.319 e. The van der Waals surface area contributed by atoms with Crippen molar-refractivity contribution in [2.75, 3.05) is 50.5 Å². The van der Waals surface area contributed by atoms with Gasteiger partial charge in [0.1, 0.15) is 29.9 Å². The maximum absolute atomic E-state index is 16.8. The van der Waals surface area contributed by atoms with Gasteiger partial charge in [0.15, 0.2) is 10.9 Å². The van der Waals surface area contributed by atoms with E-state index in [1.807, 2.05) is 11.9 Å². The summed E-state index contributed by atoms with van der Waals surface area (Å²) in [5.41, 5.74) is 5.86. The predicted octanol–water partition coefficient (Wildman–Crippen LogP) is 5.99. The molecule has 2 N–H and O–H groups in total. The fourth-order valence-corrected chi connectivity index (χ4v) is 8.41. The third-order valence-corrected chi connectivity index (χ3v) is 10.8. The zero-order valence-electron chi connectivity index (χ0n) is 25.2. The van der Waals surface area contributed by atoms with Crippen molar-refractivity contribution in [3.05, 3.63) is 47.5 Å². The highest BCUT2D eigenvalue weighted by atomic mass is 35.5. The molecule has 3 saturated heterocycles. The molecule has 3 aliphatic rings. The van der Waals surface area contributed by atoms with Gasteiger partial charge in [-0.1, -0.05) is 29.5 Å². The van der Waals surface area contributed by atoms with Gasteiger partial charge in [0.2, 0.25) is 5.91 Å². The van der Waals surface area contributed by atoms with Gasteiger partial charge in [0, 0.05) is 55.7 Å². The lowest BCUT2D eigenvalue weighted by molar-refractivity contribution is -0.127. The second-order valence-corrected chi connectivity index (χ2v) is 13.8. The summed E-state index contributed by atoms with van der Waals surface area (Å²) in [6.07, 6.45) is 3.97. The van der Waals surface area contributed by atoms with Crippen molar-refractivity contribution >= 4 is 60.9 Å². The van der Waals surface area contributed by atoms with Gasteiger partial charge in [-0.25, -0.2) is 18.2 Å². The van der Waals surface area contributed by atoms with Crippen LogP contribution in [0.15, 0.2) is 30.9 Å². The summed E-state index contributed by atoms with van der Waals surface area (Å²) >= 11 is 7.76. The Morgan fingerprint density at radius 2 is 2.07 bits per heavy atom. The van der Waals surface area contributed by atoms with Gasteiger partial charge in [0.05, 0.1) is 20.8 Å². The molecule has 46 heavy (non-hydrogen) atoms. The number of likely N-dealkylation sites (tertiary alicyclic amines) is 1. The summed E-state index contributed by atoms with van der Waals surface area (Å²) in [6, 6.07) is 4.04. The van der Waals surface area contributed by atoms with Crippen LogP contribution in [0, 0.1) is 11.6 Å². The van der Waals surface area contributed by atoms with E-state index in [0.29, 0.717) is 37.3 Å². The van der Waals surface area contributed by atoms with Crippen LogP contribution in [0.25, 0.3) is 32.2 Å². The number of nitrogen functional groups attached to an aromatic ring is 1. The molecule has 0 spiro atoms. The second kappa shape index (κ2) is 11.8. The van der Waals surface area contributed by atoms with Crippen molar-refractivity contribution in [1.82, 2.24) is 24.8 Å². The largest absolute Gasteiger partial charge is 0.461 e. The minimum Gasteiger partial charge on any atom is -0.461 e. The molecule has 3 fully saturated rings. The van der Waals surface area contributed by atoms with E-state index in [0.717, 1.165) is 43.6 Å². The number of aromatic nitrogens is 3. The molecular weight excluding hydrogens is 639 g/mol. The van der Waals surface area contributed by atoms with Crippen LogP contribution < -0.4 is 15.4 Å². The number of hydrogen-bond donors (Lipinski definition) is 1. The molecule has 7 rings (SSSR count). The number of amides is 1. The van der Waals surface area contributed by atoms with Crippen LogP contribution in [0.3, 0.4) is 0 Å². The van der Waals surface area contributed by atoms with E-state index >= 15 is 4.39 Å². The summed E-state index contributed by atoms with van der Waals surface area (Å²) in [7, 11) is 1.83. The highest BCUT2D eigenvalue weighted by Crippen LogP contribution is 2.44. The number of alkyl halides is 1. The van der Waals surface area contributed by atoms with Crippen molar-refractivity contribution in [3.63, 3.8) is 0 Å². The lowest BCUT2D eigenvalue weighted by Crippen LogP contribution is -2.48. The van der Waals surface area contributed by atoms with Crippen LogP contribution in [0.4, 0.5) is 24.1 Å². The van der Waals surface area contributed by atoms with Crippen LogP contribution >= 0.6 is 22.9 Å². The Bertz CT molecular complexity index is 1880. The molecule has 14 heteroatoms. The molecule has 242 valence electrons. The highest BCUT2D eigenvalue weighted by Gasteiger charge is 2.49. The standard InChI is InChI=1S/C32H33ClF3N7O2S/c1-3-23(44)42-10-4-6-18(15-42)41(2)29-20-12-21(33)24(19-7-8-22(35)28-27(19)38-30(37)46-28)25(36)26(20)39-31(40-29)45-16-32-9-5-11-43(32)14-17(34)13-32/h3,7-8,12,17-18H,1,4-6,9-11,13-16H2,2H3,(H2,37,38)/t17-,18-,32+/m1/s1. The van der Waals surface area contributed by atoms with Crippen molar-refractivity contribution in [1.29, 1.82) is 0 Å². The van der Waals surface area contributed by atoms with Gasteiger partial charge in [-0.3, -0.25) is 9.69 Å². The second-order valence-electron chi connectivity index (χ2n) is 12.4. The molecule has 0 radical (unpaired) electrons. The number of carbonyl (C=O) groups excluding carboxylic acids is 1. The molecule has 5 heterocycles. The number of rotatable bonds is 7. The summed E-state index contributed by atoms with van der Waals surface area (Å²) in [5.74, 6) is -1.06. The Hall–Kier alpha value is -3.68. The van der Waals surface area contributed by atoms with E-state index in [1.165, 1.54) is 18.2 Å². The number of carbonyl (C=O) groups is 1. The van der Waals surface area contributed by atoms with Crippen molar-refractivity contribution in [2.45, 2.75) is 49.9 Å². The molecule has 3 aliphatic heterocycles. The van der Waals surface area contributed by atoms with Gasteiger partial charge in [-0.05, 0) is 56.5 Å². The fraction of sp³-hybridized carbons (Fsp3) is 0.438. The zero-order chi connectivity index (χ0) is 32.3. The molecule has 9 nitrogen and oxygen atoms in total. The van der Waals surface area contributed by atoms with Crippen molar-refractivity contribution in [2.24, 2.45) is 0 Å². The first-order chi connectivity index (χ1) is 22.1. The van der Waals surface area contributed by atoms with Gasteiger partial charge >= 0.3 is 6.01 Å². The molecule has 0 aliphatic carbocycles. The predicted molar refractivity (Wildman–Crippen MR) is 174 cm³/mol. The molecule has 1 amide bonds. The van der Waals surface area contributed by atoms with E-state index in [2.05, 4.69) is 21.4 Å². The van der Waals surface area contributed by atoms with Crippen LogP contribution in [0.1, 0.15) is 32.1 Å². The number of anilines is 2. The zero-order valence-corrected chi connectivity index (χ0v) is 26.8. The van der Waals surface area contributed by atoms with Crippen molar-refractivity contribution < 1.29 is 22.7 Å². The average molecular weight is 672 g/mol. The van der Waals surface area contributed by atoms with Gasteiger partial charge < -0.3 is 20.3 Å². The summed E-state index contributed by atoms with van der Waals surface area (Å²) < 4.78 is 52.3. The SMILES string of the molecule is C=CC(=O)N1CCC[C@@H](N(C)c2nc(OC[C@@]34CCCN3C[C@H](F)C4)nc3c(F)c(-c4ccc(F)c5sc(N)nc45)c(Cl)cc23)C1. The quantitative estimate of drug-likeness (QED) is 0.239. The van der Waals surface area contributed by atoms with Crippen LogP contribution in [-0.2, 0) is 4.79 Å². The van der Waals surface area contributed by atoms with E-state index in [9.17, 15) is 13.6 Å². The number of nitrogens with zero attached hydrogens (tertiary/aromatic N) is 6. The first-order valence-corrected chi connectivity index (χ1v) is 16.5. The number of fused-ring (bicyclic) bond motifs is 3. The molecule has 0 saturated carbocycles. The first kappa shape index (κ1) is 30.9. The van der Waals surface area contributed by atoms with Gasteiger partial charge in [-0.2, -0.15) is 9.97 Å². The highest BCUT2D eigenvalue weighted by molar-refractivity contribution is 7.22.